The maximum absolute atomic E-state index is 6.36. The highest BCUT2D eigenvalue weighted by Crippen LogP contribution is 2.36. The van der Waals surface area contributed by atoms with Gasteiger partial charge >= 0.3 is 0 Å². The predicted molar refractivity (Wildman–Crippen MR) is 86.7 cm³/mol. The second kappa shape index (κ2) is 4.45. The topological polar surface area (TPSA) is 39.2 Å². The fourth-order valence-corrected chi connectivity index (χ4v) is 4.54. The Morgan fingerprint density at radius 2 is 2.00 bits per heavy atom. The largest absolute Gasteiger partial charge is 0.459 e. The van der Waals surface area contributed by atoms with Gasteiger partial charge in [-0.3, -0.25) is 0 Å². The third-order valence-electron chi connectivity index (χ3n) is 3.46. The average molecular weight is 299 g/mol. The zero-order valence-electron chi connectivity index (χ0n) is 10.9. The van der Waals surface area contributed by atoms with Crippen molar-refractivity contribution in [2.45, 2.75) is 13.0 Å². The van der Waals surface area contributed by atoms with Gasteiger partial charge in [-0.2, -0.15) is 0 Å². The normalized spacial score (nSPS) is 13.3. The standard InChI is InChI=1S/C16H13NOS2/c1-9-2-3-11-10(6-9)7-12(18-11)16(17)15-8-14-13(20-15)4-5-19-14/h2-8,16H,17H2,1H3. The highest BCUT2D eigenvalue weighted by Gasteiger charge is 2.17. The summed E-state index contributed by atoms with van der Waals surface area (Å²) in [4.78, 5) is 1.16. The number of benzene rings is 1. The van der Waals surface area contributed by atoms with E-state index in [1.165, 1.54) is 15.0 Å². The van der Waals surface area contributed by atoms with Crippen LogP contribution < -0.4 is 5.73 Å². The van der Waals surface area contributed by atoms with Gasteiger partial charge in [0.2, 0.25) is 0 Å². The number of hydrogen-bond acceptors (Lipinski definition) is 4. The molecular weight excluding hydrogens is 286 g/mol. The molecule has 1 aromatic carbocycles. The molecule has 0 spiro atoms. The van der Waals surface area contributed by atoms with Crippen LogP contribution >= 0.6 is 22.7 Å². The minimum Gasteiger partial charge on any atom is -0.459 e. The Morgan fingerprint density at radius 1 is 1.10 bits per heavy atom. The SMILES string of the molecule is Cc1ccc2oc(C(N)c3cc4sccc4s3)cc2c1. The molecule has 0 saturated heterocycles. The molecular formula is C16H13NOS2. The van der Waals surface area contributed by atoms with Crippen LogP contribution in [-0.4, -0.2) is 0 Å². The number of fused-ring (bicyclic) bond motifs is 2. The van der Waals surface area contributed by atoms with Gasteiger partial charge in [0.1, 0.15) is 11.3 Å². The van der Waals surface area contributed by atoms with Gasteiger partial charge in [0.05, 0.1) is 6.04 Å². The Morgan fingerprint density at radius 3 is 2.85 bits per heavy atom. The van der Waals surface area contributed by atoms with Crippen molar-refractivity contribution >= 4 is 43.0 Å². The Kier molecular flexibility index (Phi) is 2.70. The molecule has 0 aliphatic carbocycles. The fourth-order valence-electron chi connectivity index (χ4n) is 2.41. The smallest absolute Gasteiger partial charge is 0.134 e. The highest BCUT2D eigenvalue weighted by atomic mass is 32.1. The van der Waals surface area contributed by atoms with E-state index in [1.54, 1.807) is 22.7 Å². The molecule has 0 aliphatic rings. The van der Waals surface area contributed by atoms with Crippen molar-refractivity contribution in [2.24, 2.45) is 5.73 Å². The molecule has 0 fully saturated rings. The summed E-state index contributed by atoms with van der Waals surface area (Å²) in [6, 6.07) is 12.4. The maximum atomic E-state index is 6.36. The second-order valence-corrected chi connectivity index (χ2v) is 7.03. The predicted octanol–water partition coefficient (Wildman–Crippen LogP) is 5.07. The minimum absolute atomic E-state index is 0.188. The van der Waals surface area contributed by atoms with E-state index >= 15 is 0 Å². The zero-order chi connectivity index (χ0) is 13.7. The molecule has 0 bridgehead atoms. The van der Waals surface area contributed by atoms with Crippen LogP contribution in [0.2, 0.25) is 0 Å². The molecule has 1 unspecified atom stereocenters. The second-order valence-electron chi connectivity index (χ2n) is 4.97. The van der Waals surface area contributed by atoms with E-state index in [-0.39, 0.29) is 6.04 Å². The summed E-state index contributed by atoms with van der Waals surface area (Å²) in [5.41, 5.74) is 8.50. The lowest BCUT2D eigenvalue weighted by atomic mass is 10.1. The first-order chi connectivity index (χ1) is 9.70. The number of hydrogen-bond donors (Lipinski definition) is 1. The van der Waals surface area contributed by atoms with Crippen LogP contribution in [0.3, 0.4) is 0 Å². The minimum atomic E-state index is -0.188. The van der Waals surface area contributed by atoms with Crippen molar-refractivity contribution in [3.05, 3.63) is 58.0 Å². The molecule has 1 atom stereocenters. The van der Waals surface area contributed by atoms with Gasteiger partial charge in [-0.1, -0.05) is 11.6 Å². The van der Waals surface area contributed by atoms with E-state index in [2.05, 4.69) is 42.6 Å². The van der Waals surface area contributed by atoms with E-state index in [9.17, 15) is 0 Å². The van der Waals surface area contributed by atoms with Gasteiger partial charge in [0, 0.05) is 19.7 Å². The van der Waals surface area contributed by atoms with Crippen LogP contribution in [-0.2, 0) is 0 Å². The van der Waals surface area contributed by atoms with E-state index < -0.39 is 0 Å². The van der Waals surface area contributed by atoms with E-state index in [0.29, 0.717) is 0 Å². The Hall–Kier alpha value is -1.62. The number of thiophene rings is 2. The molecule has 100 valence electrons. The summed E-state index contributed by atoms with van der Waals surface area (Å²) >= 11 is 3.50. The van der Waals surface area contributed by atoms with Crippen molar-refractivity contribution in [3.63, 3.8) is 0 Å². The molecule has 0 aliphatic heterocycles. The van der Waals surface area contributed by atoms with Crippen molar-refractivity contribution in [2.75, 3.05) is 0 Å². The Balaban J connectivity index is 1.79. The molecule has 2 N–H and O–H groups in total. The molecule has 4 rings (SSSR count). The summed E-state index contributed by atoms with van der Waals surface area (Å²) in [6.07, 6.45) is 0. The third kappa shape index (κ3) is 1.88. The highest BCUT2D eigenvalue weighted by molar-refractivity contribution is 7.27. The number of furan rings is 1. The van der Waals surface area contributed by atoms with E-state index in [0.717, 1.165) is 21.6 Å². The zero-order valence-corrected chi connectivity index (χ0v) is 12.6. The Labute approximate surface area is 124 Å². The molecule has 20 heavy (non-hydrogen) atoms. The van der Waals surface area contributed by atoms with Crippen molar-refractivity contribution in [1.29, 1.82) is 0 Å². The first kappa shape index (κ1) is 12.1. The number of aryl methyl sites for hydroxylation is 1. The molecule has 4 heteroatoms. The van der Waals surface area contributed by atoms with Crippen LogP contribution in [0.1, 0.15) is 22.2 Å². The summed E-state index contributed by atoms with van der Waals surface area (Å²) in [7, 11) is 0. The molecule has 0 amide bonds. The number of nitrogens with two attached hydrogens (primary N) is 1. The van der Waals surface area contributed by atoms with Crippen LogP contribution in [0.25, 0.3) is 20.4 Å². The lowest BCUT2D eigenvalue weighted by Crippen LogP contribution is -2.08. The summed E-state index contributed by atoms with van der Waals surface area (Å²) in [6.45, 7) is 2.08. The quantitative estimate of drug-likeness (QED) is 0.561. The molecule has 0 saturated carbocycles. The van der Waals surface area contributed by atoms with Crippen LogP contribution in [0.5, 0.6) is 0 Å². The molecule has 3 aromatic heterocycles. The molecule has 4 aromatic rings. The lowest BCUT2D eigenvalue weighted by molar-refractivity contribution is 0.528. The van der Waals surface area contributed by atoms with Crippen molar-refractivity contribution in [3.8, 4) is 0 Å². The first-order valence-corrected chi connectivity index (χ1v) is 8.13. The van der Waals surface area contributed by atoms with Gasteiger partial charge in [0.25, 0.3) is 0 Å². The van der Waals surface area contributed by atoms with Gasteiger partial charge < -0.3 is 10.2 Å². The number of rotatable bonds is 2. The van der Waals surface area contributed by atoms with Gasteiger partial charge in [-0.25, -0.2) is 0 Å². The summed E-state index contributed by atoms with van der Waals surface area (Å²) < 4.78 is 8.49. The van der Waals surface area contributed by atoms with Gasteiger partial charge in [-0.05, 0) is 42.6 Å². The lowest BCUT2D eigenvalue weighted by Gasteiger charge is -2.04. The Bertz CT molecular complexity index is 871. The summed E-state index contributed by atoms with van der Waals surface area (Å²) in [5, 5.41) is 3.23. The van der Waals surface area contributed by atoms with Gasteiger partial charge in [0.15, 0.2) is 0 Å². The average Bonchev–Trinajstić information content (AvgIpc) is 3.10. The first-order valence-electron chi connectivity index (χ1n) is 6.43. The van der Waals surface area contributed by atoms with E-state index in [1.807, 2.05) is 6.07 Å². The van der Waals surface area contributed by atoms with Crippen LogP contribution in [0.4, 0.5) is 0 Å². The van der Waals surface area contributed by atoms with Crippen LogP contribution in [0, 0.1) is 6.92 Å². The molecule has 2 nitrogen and oxygen atoms in total. The maximum Gasteiger partial charge on any atom is 0.134 e. The van der Waals surface area contributed by atoms with Gasteiger partial charge in [-0.15, -0.1) is 22.7 Å². The fraction of sp³-hybridized carbons (Fsp3) is 0.125. The van der Waals surface area contributed by atoms with Crippen LogP contribution in [0.15, 0.2) is 46.2 Å². The van der Waals surface area contributed by atoms with Crippen molar-refractivity contribution < 1.29 is 4.42 Å². The molecule has 3 heterocycles. The van der Waals surface area contributed by atoms with E-state index in [4.69, 9.17) is 10.2 Å². The third-order valence-corrected chi connectivity index (χ3v) is 5.64. The monoisotopic (exact) mass is 299 g/mol. The van der Waals surface area contributed by atoms with Crippen molar-refractivity contribution in [1.82, 2.24) is 0 Å². The summed E-state index contributed by atoms with van der Waals surface area (Å²) in [5.74, 6) is 0.833. The molecule has 0 radical (unpaired) electrons.